The second-order valence-corrected chi connectivity index (χ2v) is 16.5. The third-order valence-electron chi connectivity index (χ3n) is 10.6. The number of benzene rings is 4. The summed E-state index contributed by atoms with van der Waals surface area (Å²) >= 11 is 0. The van der Waals surface area contributed by atoms with Crippen molar-refractivity contribution in [2.75, 3.05) is 47.2 Å². The van der Waals surface area contributed by atoms with Gasteiger partial charge in [-0.15, -0.1) is 0 Å². The number of carbonyl (C=O) groups excluding carboxylic acids is 1. The van der Waals surface area contributed by atoms with Crippen LogP contribution < -0.4 is 9.47 Å². The molecule has 4 aromatic rings. The summed E-state index contributed by atoms with van der Waals surface area (Å²) in [5.41, 5.74) is 2.10. The van der Waals surface area contributed by atoms with Gasteiger partial charge in [-0.25, -0.2) is 16.0 Å². The quantitative estimate of drug-likeness (QED) is 0.0266. The Labute approximate surface area is 351 Å². The molecule has 0 saturated carbocycles. The van der Waals surface area contributed by atoms with Crippen molar-refractivity contribution in [3.05, 3.63) is 143 Å². The third kappa shape index (κ3) is 11.5. The van der Waals surface area contributed by atoms with E-state index in [2.05, 4.69) is 44.1 Å². The summed E-state index contributed by atoms with van der Waals surface area (Å²) in [4.78, 5) is 17.0. The first-order chi connectivity index (χ1) is 28.5. The standard InChI is InChI=1S/C47H59N2O9P/c1-33(2)49(34(3)4)59(55-29-28-48-7)56-32-43-35(5)36(6)44(58-45(50)37-16-12-10-13-17-37)46(57-43)53-30-31-54-47(38-18-14-11-15-19-38,39-20-24-41(51-8)25-21-39)40-22-26-42(52-9)27-23-40/h10-27,33-36,43-44,46H,28-32H2,1-6,8-9H3. The maximum atomic E-state index is 13.5. The summed E-state index contributed by atoms with van der Waals surface area (Å²) in [6.45, 7) is 20.8. The molecule has 5 rings (SSSR count). The average molecular weight is 827 g/mol. The SMILES string of the molecule is [C-]#[N+]CCOP(OCC1OC(OCCOC(c2ccccc2)(c2ccc(OC)cc2)c2ccc(OC)cc2)C(OC(=O)c2ccccc2)C(C)C1C)N(C(C)C)C(C)C. The van der Waals surface area contributed by atoms with E-state index in [0.717, 1.165) is 28.2 Å². The van der Waals surface area contributed by atoms with E-state index in [-0.39, 0.29) is 56.9 Å². The Kier molecular flexibility index (Phi) is 17.3. The van der Waals surface area contributed by atoms with Crippen LogP contribution >= 0.6 is 8.53 Å². The van der Waals surface area contributed by atoms with E-state index in [1.807, 2.05) is 91.9 Å². The van der Waals surface area contributed by atoms with Crippen LogP contribution in [0.25, 0.3) is 4.85 Å². The number of carbonyl (C=O) groups is 1. The summed E-state index contributed by atoms with van der Waals surface area (Å²) in [6.07, 6.45) is -2.07. The van der Waals surface area contributed by atoms with E-state index in [0.29, 0.717) is 5.56 Å². The molecule has 0 aliphatic carbocycles. The molecule has 0 aromatic heterocycles. The van der Waals surface area contributed by atoms with Gasteiger partial charge in [0.1, 0.15) is 23.7 Å². The van der Waals surface area contributed by atoms with Crippen LogP contribution in [0.3, 0.4) is 0 Å². The molecule has 0 N–H and O–H groups in total. The molecule has 0 amide bonds. The zero-order valence-corrected chi connectivity index (χ0v) is 36.4. The molecule has 0 spiro atoms. The van der Waals surface area contributed by atoms with Crippen molar-refractivity contribution in [3.8, 4) is 11.5 Å². The fourth-order valence-electron chi connectivity index (χ4n) is 7.39. The molecule has 6 atom stereocenters. The zero-order valence-electron chi connectivity index (χ0n) is 35.5. The molecule has 0 bridgehead atoms. The molecule has 1 aliphatic rings. The molecule has 1 aliphatic heterocycles. The molecule has 1 saturated heterocycles. The Balaban J connectivity index is 1.42. The number of ether oxygens (including phenoxy) is 6. The largest absolute Gasteiger partial charge is 0.497 e. The molecular weight excluding hydrogens is 767 g/mol. The van der Waals surface area contributed by atoms with Crippen molar-refractivity contribution in [1.29, 1.82) is 0 Å². The number of methoxy groups -OCH3 is 2. The van der Waals surface area contributed by atoms with Gasteiger partial charge in [0.15, 0.2) is 12.4 Å². The highest BCUT2D eigenvalue weighted by atomic mass is 31.2. The van der Waals surface area contributed by atoms with Gasteiger partial charge in [-0.2, -0.15) is 0 Å². The normalized spacial score (nSPS) is 20.0. The first kappa shape index (κ1) is 45.7. The predicted octanol–water partition coefficient (Wildman–Crippen LogP) is 9.55. The molecule has 11 nitrogen and oxygen atoms in total. The topological polar surface area (TPSA) is 98.5 Å². The lowest BCUT2D eigenvalue weighted by Gasteiger charge is -2.44. The maximum Gasteiger partial charge on any atom is 0.338 e. The van der Waals surface area contributed by atoms with Gasteiger partial charge in [-0.3, -0.25) is 0 Å². The van der Waals surface area contributed by atoms with Gasteiger partial charge < -0.3 is 42.3 Å². The highest BCUT2D eigenvalue weighted by Crippen LogP contribution is 2.47. The molecular formula is C47H59N2O9P. The van der Waals surface area contributed by atoms with Gasteiger partial charge in [0.2, 0.25) is 6.54 Å². The molecule has 0 radical (unpaired) electrons. The van der Waals surface area contributed by atoms with Crippen LogP contribution in [0.2, 0.25) is 0 Å². The Morgan fingerprint density at radius 2 is 1.29 bits per heavy atom. The smallest absolute Gasteiger partial charge is 0.338 e. The second kappa shape index (κ2) is 22.3. The van der Waals surface area contributed by atoms with Gasteiger partial charge in [0.25, 0.3) is 8.53 Å². The molecule has 4 aromatic carbocycles. The molecule has 1 fully saturated rings. The molecule has 316 valence electrons. The molecule has 1 heterocycles. The Bertz CT molecular complexity index is 1840. The molecule has 59 heavy (non-hydrogen) atoms. The number of rotatable bonds is 21. The van der Waals surface area contributed by atoms with E-state index < -0.39 is 38.6 Å². The highest BCUT2D eigenvalue weighted by molar-refractivity contribution is 7.44. The lowest BCUT2D eigenvalue weighted by atomic mass is 9.80. The van der Waals surface area contributed by atoms with Crippen LogP contribution in [0.15, 0.2) is 109 Å². The predicted molar refractivity (Wildman–Crippen MR) is 229 cm³/mol. The summed E-state index contributed by atoms with van der Waals surface area (Å²) in [6, 6.07) is 35.0. The van der Waals surface area contributed by atoms with Crippen molar-refractivity contribution in [2.45, 2.75) is 77.7 Å². The summed E-state index contributed by atoms with van der Waals surface area (Å²) < 4.78 is 52.5. The van der Waals surface area contributed by atoms with Crippen LogP contribution in [-0.4, -0.2) is 88.4 Å². The van der Waals surface area contributed by atoms with E-state index in [9.17, 15) is 4.79 Å². The van der Waals surface area contributed by atoms with Crippen LogP contribution in [0.5, 0.6) is 11.5 Å². The fourth-order valence-corrected chi connectivity index (χ4v) is 9.00. The Hall–Kier alpha value is -4.37. The van der Waals surface area contributed by atoms with E-state index in [4.69, 9.17) is 44.0 Å². The van der Waals surface area contributed by atoms with Gasteiger partial charge in [-0.1, -0.05) is 86.6 Å². The van der Waals surface area contributed by atoms with Gasteiger partial charge >= 0.3 is 5.97 Å². The average Bonchev–Trinajstić information content (AvgIpc) is 3.26. The van der Waals surface area contributed by atoms with Crippen molar-refractivity contribution in [2.24, 2.45) is 11.8 Å². The van der Waals surface area contributed by atoms with Crippen LogP contribution in [-0.2, 0) is 33.6 Å². The zero-order chi connectivity index (χ0) is 42.4. The van der Waals surface area contributed by atoms with Crippen molar-refractivity contribution >= 4 is 14.5 Å². The minimum Gasteiger partial charge on any atom is -0.497 e. The first-order valence-corrected chi connectivity index (χ1v) is 21.4. The van der Waals surface area contributed by atoms with Crippen LogP contribution in [0.1, 0.15) is 68.6 Å². The van der Waals surface area contributed by atoms with E-state index in [1.54, 1.807) is 38.5 Å². The van der Waals surface area contributed by atoms with Crippen molar-refractivity contribution in [3.63, 3.8) is 0 Å². The minimum absolute atomic E-state index is 0.0813. The van der Waals surface area contributed by atoms with Crippen LogP contribution in [0.4, 0.5) is 0 Å². The number of nitrogens with zero attached hydrogens (tertiary/aromatic N) is 2. The fraction of sp³-hybridized carbons (Fsp3) is 0.447. The van der Waals surface area contributed by atoms with E-state index in [1.165, 1.54) is 0 Å². The summed E-state index contributed by atoms with van der Waals surface area (Å²) in [5, 5.41) is 0. The maximum absolute atomic E-state index is 13.5. The molecule has 12 heteroatoms. The number of esters is 1. The number of hydrogen-bond donors (Lipinski definition) is 0. The lowest BCUT2D eigenvalue weighted by Crippen LogP contribution is -2.53. The first-order valence-electron chi connectivity index (χ1n) is 20.2. The third-order valence-corrected chi connectivity index (χ3v) is 12.7. The highest BCUT2D eigenvalue weighted by Gasteiger charge is 2.46. The second-order valence-electron chi connectivity index (χ2n) is 15.0. The summed E-state index contributed by atoms with van der Waals surface area (Å²) in [5.74, 6) is 0.747. The van der Waals surface area contributed by atoms with E-state index >= 15 is 0 Å². The van der Waals surface area contributed by atoms with Gasteiger partial charge in [0.05, 0.1) is 45.7 Å². The van der Waals surface area contributed by atoms with Crippen molar-refractivity contribution in [1.82, 2.24) is 4.67 Å². The van der Waals surface area contributed by atoms with Crippen LogP contribution in [0, 0.1) is 18.4 Å². The monoisotopic (exact) mass is 826 g/mol. The molecule has 6 unspecified atom stereocenters. The lowest BCUT2D eigenvalue weighted by molar-refractivity contribution is -0.276. The Morgan fingerprint density at radius 3 is 1.81 bits per heavy atom. The van der Waals surface area contributed by atoms with Gasteiger partial charge in [-0.05, 0) is 86.7 Å². The summed E-state index contributed by atoms with van der Waals surface area (Å²) in [7, 11) is 1.79. The van der Waals surface area contributed by atoms with Crippen molar-refractivity contribution < 1.29 is 42.3 Å². The number of hydrogen-bond acceptors (Lipinski definition) is 10. The minimum atomic E-state index is -1.49. The van der Waals surface area contributed by atoms with Gasteiger partial charge in [0, 0.05) is 18.0 Å². The Morgan fingerprint density at radius 1 is 0.746 bits per heavy atom.